The lowest BCUT2D eigenvalue weighted by atomic mass is 10.0. The van der Waals surface area contributed by atoms with Crippen LogP contribution in [0.2, 0.25) is 5.02 Å². The van der Waals surface area contributed by atoms with Gasteiger partial charge in [0.05, 0.1) is 9.85 Å². The lowest BCUT2D eigenvalue weighted by Crippen LogP contribution is -1.98. The van der Waals surface area contributed by atoms with Crippen molar-refractivity contribution in [3.8, 4) is 0 Å². The first-order chi connectivity index (χ1) is 8.90. The molecule has 0 fully saturated rings. The lowest BCUT2D eigenvalue weighted by molar-refractivity contribution is 0.612. The molecule has 2 aromatic rings. The molecule has 0 N–H and O–H groups in total. The molecule has 5 heteroatoms. The van der Waals surface area contributed by atoms with Gasteiger partial charge in [0, 0.05) is 14.5 Å². The van der Waals surface area contributed by atoms with Crippen molar-refractivity contribution >= 4 is 59.4 Å². The fourth-order valence-corrected chi connectivity index (χ4v) is 4.00. The van der Waals surface area contributed by atoms with Gasteiger partial charge in [-0.3, -0.25) is 0 Å². The van der Waals surface area contributed by atoms with Crippen molar-refractivity contribution in [2.45, 2.75) is 11.8 Å². The van der Waals surface area contributed by atoms with Crippen molar-refractivity contribution in [2.75, 3.05) is 0 Å². The Kier molecular flexibility index (Phi) is 5.09. The Morgan fingerprint density at radius 2 is 1.74 bits per heavy atom. The van der Waals surface area contributed by atoms with E-state index in [1.165, 1.54) is 6.07 Å². The van der Waals surface area contributed by atoms with Crippen LogP contribution in [-0.4, -0.2) is 0 Å². The van der Waals surface area contributed by atoms with Crippen LogP contribution in [0.15, 0.2) is 39.3 Å². The molecule has 0 saturated carbocycles. The Balaban J connectivity index is 2.49. The van der Waals surface area contributed by atoms with E-state index >= 15 is 0 Å². The molecule has 2 aromatic carbocycles. The summed E-state index contributed by atoms with van der Waals surface area (Å²) in [6, 6.07) is 8.98. The summed E-state index contributed by atoms with van der Waals surface area (Å²) < 4.78 is 15.5. The number of hydrogen-bond donors (Lipinski definition) is 0. The summed E-state index contributed by atoms with van der Waals surface area (Å²) in [7, 11) is 0. The number of alkyl halides is 1. The molecule has 0 amide bonds. The number of hydrogen-bond acceptors (Lipinski definition) is 0. The third kappa shape index (κ3) is 3.41. The van der Waals surface area contributed by atoms with Gasteiger partial charge >= 0.3 is 0 Å². The summed E-state index contributed by atoms with van der Waals surface area (Å²) in [5.74, 6) is -0.300. The number of aryl methyl sites for hydroxylation is 1. The van der Waals surface area contributed by atoms with Crippen LogP contribution in [0.3, 0.4) is 0 Å². The van der Waals surface area contributed by atoms with Crippen molar-refractivity contribution in [1.29, 1.82) is 0 Å². The van der Waals surface area contributed by atoms with Gasteiger partial charge in [0.1, 0.15) is 5.82 Å². The molecule has 1 unspecified atom stereocenters. The highest BCUT2D eigenvalue weighted by atomic mass is 79.9. The van der Waals surface area contributed by atoms with Gasteiger partial charge in [-0.25, -0.2) is 4.39 Å². The number of rotatable bonds is 2. The second-order valence-electron chi connectivity index (χ2n) is 4.18. The second-order valence-corrected chi connectivity index (χ2v) is 7.21. The van der Waals surface area contributed by atoms with Crippen molar-refractivity contribution in [1.82, 2.24) is 0 Å². The Hall–Kier alpha value is 0.1000. The van der Waals surface area contributed by atoms with Gasteiger partial charge in [0.15, 0.2) is 0 Å². The maximum Gasteiger partial charge on any atom is 0.129 e. The van der Waals surface area contributed by atoms with Crippen molar-refractivity contribution in [3.05, 3.63) is 66.8 Å². The fourth-order valence-electron chi connectivity index (χ4n) is 1.74. The summed E-state index contributed by atoms with van der Waals surface area (Å²) in [6.45, 7) is 2.01. The molecule has 1 atom stereocenters. The van der Waals surface area contributed by atoms with Crippen LogP contribution in [0.4, 0.5) is 4.39 Å². The predicted octanol–water partition coefficient (Wildman–Crippen LogP) is 6.80. The summed E-state index contributed by atoms with van der Waals surface area (Å²) in [5, 5.41) is 0.490. The molecule has 0 aromatic heterocycles. The highest BCUT2D eigenvalue weighted by Crippen LogP contribution is 2.39. The van der Waals surface area contributed by atoms with Crippen LogP contribution in [0, 0.1) is 12.7 Å². The average molecular weight is 471 g/mol. The van der Waals surface area contributed by atoms with E-state index in [-0.39, 0.29) is 10.6 Å². The fraction of sp³-hybridized carbons (Fsp3) is 0.143. The minimum Gasteiger partial charge on any atom is -0.207 e. The van der Waals surface area contributed by atoms with E-state index in [1.807, 2.05) is 25.1 Å². The standard InChI is InChI=1S/C14H9Br3ClF/c1-7-2-3-8(10(15)4-7)14(17)9-5-12(18)11(16)6-13(9)19/h2-6,14H,1H3. The normalized spacial score (nSPS) is 12.5. The molecule has 0 aliphatic rings. The predicted molar refractivity (Wildman–Crippen MR) is 88.8 cm³/mol. The monoisotopic (exact) mass is 468 g/mol. The first kappa shape index (κ1) is 15.5. The minimum atomic E-state index is -0.300. The van der Waals surface area contributed by atoms with Crippen molar-refractivity contribution < 1.29 is 4.39 Å². The zero-order valence-electron chi connectivity index (χ0n) is 9.85. The van der Waals surface area contributed by atoms with Crippen LogP contribution in [0.5, 0.6) is 0 Å². The zero-order valence-corrected chi connectivity index (χ0v) is 15.4. The summed E-state index contributed by atoms with van der Waals surface area (Å²) >= 11 is 16.3. The molecule has 19 heavy (non-hydrogen) atoms. The van der Waals surface area contributed by atoms with Gasteiger partial charge in [0.2, 0.25) is 0 Å². The van der Waals surface area contributed by atoms with Gasteiger partial charge in [0.25, 0.3) is 0 Å². The van der Waals surface area contributed by atoms with Crippen molar-refractivity contribution in [3.63, 3.8) is 0 Å². The number of benzene rings is 2. The smallest absolute Gasteiger partial charge is 0.129 e. The zero-order chi connectivity index (χ0) is 14.2. The highest BCUT2D eigenvalue weighted by molar-refractivity contribution is 9.11. The van der Waals surface area contributed by atoms with Crippen molar-refractivity contribution in [2.24, 2.45) is 0 Å². The minimum absolute atomic E-state index is 0.256. The molecule has 2 rings (SSSR count). The number of halogens is 5. The van der Waals surface area contributed by atoms with E-state index in [9.17, 15) is 4.39 Å². The van der Waals surface area contributed by atoms with E-state index in [0.717, 1.165) is 15.6 Å². The third-order valence-electron chi connectivity index (χ3n) is 2.74. The molecule has 0 aliphatic heterocycles. The van der Waals surface area contributed by atoms with E-state index in [1.54, 1.807) is 6.07 Å². The van der Waals surface area contributed by atoms with Crippen LogP contribution in [-0.2, 0) is 0 Å². The highest BCUT2D eigenvalue weighted by Gasteiger charge is 2.19. The van der Waals surface area contributed by atoms with Crippen LogP contribution < -0.4 is 0 Å². The second kappa shape index (κ2) is 6.25. The quantitative estimate of drug-likeness (QED) is 0.334. The van der Waals surface area contributed by atoms with E-state index in [0.29, 0.717) is 15.1 Å². The van der Waals surface area contributed by atoms with Gasteiger partial charge in [-0.15, -0.1) is 0 Å². The SMILES string of the molecule is Cc1ccc(C(Br)c2cc(Cl)c(Br)cc2F)c(Br)c1. The Morgan fingerprint density at radius 3 is 2.37 bits per heavy atom. The molecular formula is C14H9Br3ClF. The van der Waals surface area contributed by atoms with E-state index in [2.05, 4.69) is 47.8 Å². The summed E-state index contributed by atoms with van der Waals surface area (Å²) in [4.78, 5) is -0.256. The molecule has 0 bridgehead atoms. The molecule has 0 nitrogen and oxygen atoms in total. The molecule has 0 aliphatic carbocycles. The molecule has 0 spiro atoms. The average Bonchev–Trinajstić information content (AvgIpc) is 2.33. The van der Waals surface area contributed by atoms with Gasteiger partial charge in [-0.2, -0.15) is 0 Å². The maximum absolute atomic E-state index is 14.0. The van der Waals surface area contributed by atoms with Gasteiger partial charge in [-0.05, 0) is 52.2 Å². The first-order valence-corrected chi connectivity index (χ1v) is 8.32. The molecule has 0 heterocycles. The molecule has 100 valence electrons. The first-order valence-electron chi connectivity index (χ1n) is 5.44. The molecular weight excluding hydrogens is 462 g/mol. The lowest BCUT2D eigenvalue weighted by Gasteiger charge is -2.15. The summed E-state index contributed by atoms with van der Waals surface area (Å²) in [5.41, 5.74) is 2.62. The largest absolute Gasteiger partial charge is 0.207 e. The third-order valence-corrected chi connectivity index (χ3v) is 5.61. The molecule has 0 radical (unpaired) electrons. The topological polar surface area (TPSA) is 0 Å². The van der Waals surface area contributed by atoms with Gasteiger partial charge in [-0.1, -0.05) is 55.6 Å². The van der Waals surface area contributed by atoms with E-state index in [4.69, 9.17) is 11.6 Å². The van der Waals surface area contributed by atoms with Gasteiger partial charge < -0.3 is 0 Å². The summed E-state index contributed by atoms with van der Waals surface area (Å²) in [6.07, 6.45) is 0. The van der Waals surface area contributed by atoms with E-state index < -0.39 is 0 Å². The van der Waals surface area contributed by atoms with Crippen LogP contribution in [0.1, 0.15) is 21.5 Å². The Morgan fingerprint density at radius 1 is 1.05 bits per heavy atom. The van der Waals surface area contributed by atoms with Crippen LogP contribution in [0.25, 0.3) is 0 Å². The Labute approximate surface area is 141 Å². The maximum atomic E-state index is 14.0. The molecule has 0 saturated heterocycles. The Bertz CT molecular complexity index is 628. The van der Waals surface area contributed by atoms with Crippen LogP contribution >= 0.6 is 59.4 Å².